The molecule has 4 rings (SSSR count). The van der Waals surface area contributed by atoms with Gasteiger partial charge in [0.25, 0.3) is 5.91 Å². The molecule has 162 valence electrons. The van der Waals surface area contributed by atoms with Gasteiger partial charge in [-0.1, -0.05) is 29.8 Å². The SMILES string of the molecule is COc1ccccc1C1C(C#N)=C(N)N(NC(=O)c2cccnc2Cl)C2=C1C(=O)CCC2. The molecule has 1 amide bonds. The first kappa shape index (κ1) is 21.4. The molecule has 1 unspecified atom stereocenters. The molecular weight excluding hydrogens is 430 g/mol. The minimum absolute atomic E-state index is 0.0332. The monoisotopic (exact) mass is 449 g/mol. The molecule has 0 fully saturated rings. The number of hydrogen-bond donors (Lipinski definition) is 2. The number of ether oxygens (including phenoxy) is 1. The van der Waals surface area contributed by atoms with Gasteiger partial charge in [0.15, 0.2) is 5.78 Å². The van der Waals surface area contributed by atoms with Crippen molar-refractivity contribution in [3.8, 4) is 11.8 Å². The molecule has 2 aliphatic rings. The number of carbonyl (C=O) groups is 2. The van der Waals surface area contributed by atoms with E-state index in [1.54, 1.807) is 12.1 Å². The highest BCUT2D eigenvalue weighted by molar-refractivity contribution is 6.32. The Bertz CT molecular complexity index is 1210. The Hall–Kier alpha value is -3.83. The molecule has 1 aliphatic heterocycles. The van der Waals surface area contributed by atoms with E-state index in [-0.39, 0.29) is 27.9 Å². The van der Waals surface area contributed by atoms with Crippen LogP contribution in [0.3, 0.4) is 0 Å². The third kappa shape index (κ3) is 3.57. The molecule has 1 aromatic heterocycles. The molecule has 1 aromatic carbocycles. The van der Waals surface area contributed by atoms with Gasteiger partial charge in [-0.2, -0.15) is 5.26 Å². The van der Waals surface area contributed by atoms with E-state index in [4.69, 9.17) is 22.1 Å². The molecule has 9 heteroatoms. The molecule has 2 heterocycles. The van der Waals surface area contributed by atoms with E-state index in [9.17, 15) is 14.9 Å². The first-order valence-electron chi connectivity index (χ1n) is 9.98. The smallest absolute Gasteiger partial charge is 0.273 e. The summed E-state index contributed by atoms with van der Waals surface area (Å²) < 4.78 is 5.49. The van der Waals surface area contributed by atoms with Gasteiger partial charge in [-0.15, -0.1) is 0 Å². The zero-order valence-corrected chi connectivity index (χ0v) is 18.0. The second kappa shape index (κ2) is 8.73. The van der Waals surface area contributed by atoms with E-state index in [2.05, 4.69) is 16.5 Å². The zero-order valence-electron chi connectivity index (χ0n) is 17.3. The summed E-state index contributed by atoms with van der Waals surface area (Å²) in [5.41, 5.74) is 11.1. The maximum atomic E-state index is 13.1. The van der Waals surface area contributed by atoms with E-state index < -0.39 is 11.8 Å². The Morgan fingerprint density at radius 1 is 1.31 bits per heavy atom. The molecule has 1 atom stereocenters. The Morgan fingerprint density at radius 2 is 2.09 bits per heavy atom. The van der Waals surface area contributed by atoms with E-state index in [1.165, 1.54) is 24.4 Å². The van der Waals surface area contributed by atoms with Gasteiger partial charge in [-0.3, -0.25) is 15.0 Å². The number of carbonyl (C=O) groups excluding carboxylic acids is 2. The number of amides is 1. The maximum Gasteiger partial charge on any atom is 0.273 e. The molecular formula is C23H20ClN5O3. The van der Waals surface area contributed by atoms with Crippen molar-refractivity contribution >= 4 is 23.3 Å². The van der Waals surface area contributed by atoms with Crippen LogP contribution in [-0.2, 0) is 4.79 Å². The number of methoxy groups -OCH3 is 1. The fourth-order valence-electron chi connectivity index (χ4n) is 4.15. The van der Waals surface area contributed by atoms with Crippen molar-refractivity contribution in [1.82, 2.24) is 15.4 Å². The molecule has 2 aromatic rings. The van der Waals surface area contributed by atoms with Crippen LogP contribution in [0.15, 0.2) is 65.3 Å². The second-order valence-corrected chi connectivity index (χ2v) is 7.70. The van der Waals surface area contributed by atoms with Crippen LogP contribution >= 0.6 is 11.6 Å². The highest BCUT2D eigenvalue weighted by atomic mass is 35.5. The van der Waals surface area contributed by atoms with Gasteiger partial charge in [0.05, 0.1) is 30.2 Å². The van der Waals surface area contributed by atoms with Crippen LogP contribution in [0.2, 0.25) is 5.15 Å². The predicted molar refractivity (Wildman–Crippen MR) is 117 cm³/mol. The van der Waals surface area contributed by atoms with Crippen LogP contribution in [0.25, 0.3) is 0 Å². The van der Waals surface area contributed by atoms with Gasteiger partial charge in [-0.25, -0.2) is 9.99 Å². The standard InChI is InChI=1S/C23H20ClN5O3/c1-32-18-10-3-2-6-13(18)19-15(12-25)22(26)29(16-8-4-9-17(30)20(16)19)28-23(31)14-7-5-11-27-21(14)24/h2-3,5-7,10-11,19H,4,8-9,26H2,1H3,(H,28,31). The van der Waals surface area contributed by atoms with E-state index in [0.717, 1.165) is 0 Å². The van der Waals surface area contributed by atoms with Crippen molar-refractivity contribution in [3.63, 3.8) is 0 Å². The number of nitriles is 1. The molecule has 0 radical (unpaired) electrons. The minimum Gasteiger partial charge on any atom is -0.496 e. The molecule has 3 N–H and O–H groups in total. The summed E-state index contributed by atoms with van der Waals surface area (Å²) in [6, 6.07) is 12.5. The molecule has 0 spiro atoms. The second-order valence-electron chi connectivity index (χ2n) is 7.34. The van der Waals surface area contributed by atoms with Crippen molar-refractivity contribution in [2.45, 2.75) is 25.2 Å². The van der Waals surface area contributed by atoms with Gasteiger partial charge in [0, 0.05) is 29.5 Å². The largest absolute Gasteiger partial charge is 0.496 e. The number of hydrazine groups is 1. The predicted octanol–water partition coefficient (Wildman–Crippen LogP) is 3.19. The summed E-state index contributed by atoms with van der Waals surface area (Å²) >= 11 is 6.06. The van der Waals surface area contributed by atoms with Crippen molar-refractivity contribution < 1.29 is 14.3 Å². The van der Waals surface area contributed by atoms with Crippen LogP contribution in [0.4, 0.5) is 0 Å². The van der Waals surface area contributed by atoms with Gasteiger partial charge >= 0.3 is 0 Å². The van der Waals surface area contributed by atoms with Crippen LogP contribution in [0.1, 0.15) is 41.1 Å². The molecule has 0 bridgehead atoms. The normalized spacial score (nSPS) is 18.2. The van der Waals surface area contributed by atoms with E-state index >= 15 is 0 Å². The molecule has 32 heavy (non-hydrogen) atoms. The Kier molecular flexibility index (Phi) is 5.84. The van der Waals surface area contributed by atoms with Gasteiger partial charge < -0.3 is 10.5 Å². The number of para-hydroxylation sites is 1. The highest BCUT2D eigenvalue weighted by Gasteiger charge is 2.41. The number of nitrogens with zero attached hydrogens (tertiary/aromatic N) is 3. The fourth-order valence-corrected chi connectivity index (χ4v) is 4.35. The number of allylic oxidation sites excluding steroid dienone is 3. The van der Waals surface area contributed by atoms with Crippen molar-refractivity contribution in [3.05, 3.63) is 81.5 Å². The Balaban J connectivity index is 1.85. The summed E-state index contributed by atoms with van der Waals surface area (Å²) in [4.78, 5) is 29.9. The van der Waals surface area contributed by atoms with Gasteiger partial charge in [-0.05, 0) is 31.0 Å². The number of pyridine rings is 1. The number of Topliss-reactive ketones (excluding diaryl/α,β-unsaturated/α-hetero) is 1. The third-order valence-electron chi connectivity index (χ3n) is 5.58. The first-order valence-corrected chi connectivity index (χ1v) is 10.4. The third-order valence-corrected chi connectivity index (χ3v) is 5.88. The topological polar surface area (TPSA) is 121 Å². The number of hydrogen-bond acceptors (Lipinski definition) is 7. The van der Waals surface area contributed by atoms with E-state index in [0.29, 0.717) is 41.8 Å². The lowest BCUT2D eigenvalue weighted by Gasteiger charge is -2.39. The van der Waals surface area contributed by atoms with Crippen molar-refractivity contribution in [2.24, 2.45) is 5.73 Å². The van der Waals surface area contributed by atoms with Gasteiger partial charge in [0.2, 0.25) is 0 Å². The van der Waals surface area contributed by atoms with Crippen LogP contribution in [0, 0.1) is 11.3 Å². The quantitative estimate of drug-likeness (QED) is 0.687. The highest BCUT2D eigenvalue weighted by Crippen LogP contribution is 2.46. The average Bonchev–Trinajstić information content (AvgIpc) is 2.80. The van der Waals surface area contributed by atoms with Crippen molar-refractivity contribution in [1.29, 1.82) is 5.26 Å². The lowest BCUT2D eigenvalue weighted by Crippen LogP contribution is -2.48. The zero-order chi connectivity index (χ0) is 22.8. The van der Waals surface area contributed by atoms with Crippen molar-refractivity contribution in [2.75, 3.05) is 7.11 Å². The number of benzene rings is 1. The summed E-state index contributed by atoms with van der Waals surface area (Å²) in [5.74, 6) is -0.743. The maximum absolute atomic E-state index is 13.1. The summed E-state index contributed by atoms with van der Waals surface area (Å²) in [6.45, 7) is 0. The van der Waals surface area contributed by atoms with Crippen LogP contribution in [0.5, 0.6) is 5.75 Å². The summed E-state index contributed by atoms with van der Waals surface area (Å²) in [5, 5.41) is 11.4. The lowest BCUT2D eigenvalue weighted by atomic mass is 9.76. The first-order chi connectivity index (χ1) is 15.5. The minimum atomic E-state index is -0.686. The number of nitrogens with one attached hydrogen (secondary N) is 1. The summed E-state index contributed by atoms with van der Waals surface area (Å²) in [6.07, 6.45) is 2.93. The molecule has 1 aliphatic carbocycles. The van der Waals surface area contributed by atoms with Crippen LogP contribution in [-0.4, -0.2) is 28.8 Å². The van der Waals surface area contributed by atoms with Gasteiger partial charge in [0.1, 0.15) is 16.7 Å². The lowest BCUT2D eigenvalue weighted by molar-refractivity contribution is -0.116. The number of nitrogens with two attached hydrogens (primary N) is 1. The Morgan fingerprint density at radius 3 is 2.81 bits per heavy atom. The number of rotatable bonds is 4. The summed E-state index contributed by atoms with van der Waals surface area (Å²) in [7, 11) is 1.53. The van der Waals surface area contributed by atoms with Crippen LogP contribution < -0.4 is 15.9 Å². The number of halogens is 1. The molecule has 0 saturated heterocycles. The Labute approximate surface area is 189 Å². The van der Waals surface area contributed by atoms with E-state index in [1.807, 2.05) is 18.2 Å². The number of ketones is 1. The molecule has 8 nitrogen and oxygen atoms in total. The molecule has 0 saturated carbocycles. The fraction of sp³-hybridized carbons (Fsp3) is 0.217. The number of aromatic nitrogens is 1. The average molecular weight is 450 g/mol.